The van der Waals surface area contributed by atoms with Gasteiger partial charge in [-0.2, -0.15) is 5.10 Å². The molecular formula is C26H29FN6O2. The van der Waals surface area contributed by atoms with E-state index >= 15 is 0 Å². The van der Waals surface area contributed by atoms with Crippen LogP contribution in [-0.4, -0.2) is 64.4 Å². The number of rotatable bonds is 6. The molecule has 8 nitrogen and oxygen atoms in total. The minimum absolute atomic E-state index is 0.142. The zero-order chi connectivity index (χ0) is 24.5. The fourth-order valence-electron chi connectivity index (χ4n) is 4.91. The van der Waals surface area contributed by atoms with Crippen molar-refractivity contribution in [1.82, 2.24) is 24.6 Å². The summed E-state index contributed by atoms with van der Waals surface area (Å²) in [6, 6.07) is 14.0. The number of carbonyl (C=O) groups is 1. The van der Waals surface area contributed by atoms with Crippen LogP contribution >= 0.6 is 0 Å². The van der Waals surface area contributed by atoms with Gasteiger partial charge in [0.25, 0.3) is 5.56 Å². The Morgan fingerprint density at radius 1 is 1.06 bits per heavy atom. The summed E-state index contributed by atoms with van der Waals surface area (Å²) >= 11 is 0. The maximum absolute atomic E-state index is 14.1. The Bertz CT molecular complexity index is 1440. The maximum atomic E-state index is 14.1. The first-order chi connectivity index (χ1) is 17.0. The van der Waals surface area contributed by atoms with Crippen molar-refractivity contribution in [3.05, 3.63) is 70.9 Å². The molecule has 0 saturated carbocycles. The Kier molecular flexibility index (Phi) is 6.25. The lowest BCUT2D eigenvalue weighted by atomic mass is 10.2. The van der Waals surface area contributed by atoms with E-state index in [1.807, 2.05) is 47.9 Å². The molecule has 0 unspecified atom stereocenters. The molecule has 4 aromatic rings. The summed E-state index contributed by atoms with van der Waals surface area (Å²) in [6.45, 7) is 6.11. The number of fused-ring (bicyclic) bond motifs is 3. The Labute approximate surface area is 202 Å². The van der Waals surface area contributed by atoms with Crippen LogP contribution in [0.4, 0.5) is 10.1 Å². The van der Waals surface area contributed by atoms with Crippen molar-refractivity contribution >= 4 is 33.4 Å². The molecule has 5 rings (SSSR count). The molecular weight excluding hydrogens is 447 g/mol. The highest BCUT2D eigenvalue weighted by Gasteiger charge is 2.24. The van der Waals surface area contributed by atoms with E-state index in [9.17, 15) is 14.0 Å². The smallest absolute Gasteiger partial charge is 0.291 e. The number of piperazine rings is 1. The summed E-state index contributed by atoms with van der Waals surface area (Å²) in [4.78, 5) is 30.4. The van der Waals surface area contributed by atoms with Crippen molar-refractivity contribution in [2.24, 2.45) is 7.05 Å². The van der Waals surface area contributed by atoms with Gasteiger partial charge in [0.2, 0.25) is 5.91 Å². The average Bonchev–Trinajstić information content (AvgIpc) is 3.21. The van der Waals surface area contributed by atoms with Crippen LogP contribution in [0.5, 0.6) is 0 Å². The summed E-state index contributed by atoms with van der Waals surface area (Å²) < 4.78 is 17.2. The van der Waals surface area contributed by atoms with Crippen LogP contribution in [0, 0.1) is 5.82 Å². The second-order valence-electron chi connectivity index (χ2n) is 8.97. The van der Waals surface area contributed by atoms with Gasteiger partial charge < -0.3 is 14.8 Å². The van der Waals surface area contributed by atoms with Crippen LogP contribution in [0.25, 0.3) is 21.8 Å². The number of para-hydroxylation sites is 2. The summed E-state index contributed by atoms with van der Waals surface area (Å²) in [7, 11) is 1.61. The molecule has 0 aliphatic carbocycles. The Hall–Kier alpha value is -3.72. The van der Waals surface area contributed by atoms with Gasteiger partial charge in [0.05, 0.1) is 17.4 Å². The van der Waals surface area contributed by atoms with E-state index in [4.69, 9.17) is 0 Å². The monoisotopic (exact) mass is 476 g/mol. The number of carbonyl (C=O) groups excluding carboxylic acids is 1. The molecule has 35 heavy (non-hydrogen) atoms. The Balaban J connectivity index is 1.24. The van der Waals surface area contributed by atoms with E-state index in [0.29, 0.717) is 24.3 Å². The van der Waals surface area contributed by atoms with Crippen molar-refractivity contribution in [3.8, 4) is 0 Å². The van der Waals surface area contributed by atoms with E-state index in [0.717, 1.165) is 42.5 Å². The minimum atomic E-state index is -0.564. The third kappa shape index (κ3) is 4.27. The largest absolute Gasteiger partial charge is 0.367 e. The van der Waals surface area contributed by atoms with Crippen LogP contribution in [-0.2, 0) is 11.8 Å². The lowest BCUT2D eigenvalue weighted by Gasteiger charge is -2.36. The van der Waals surface area contributed by atoms with Crippen molar-refractivity contribution in [3.63, 3.8) is 0 Å². The predicted octanol–water partition coefficient (Wildman–Crippen LogP) is 2.53. The fourth-order valence-corrected chi connectivity index (χ4v) is 4.91. The number of halogens is 1. The van der Waals surface area contributed by atoms with Crippen LogP contribution in [0.3, 0.4) is 0 Å². The number of anilines is 1. The van der Waals surface area contributed by atoms with Crippen LogP contribution < -0.4 is 15.8 Å². The molecule has 0 bridgehead atoms. The van der Waals surface area contributed by atoms with Gasteiger partial charge in [0.15, 0.2) is 0 Å². The van der Waals surface area contributed by atoms with E-state index in [2.05, 4.69) is 20.2 Å². The van der Waals surface area contributed by atoms with Crippen LogP contribution in [0.1, 0.15) is 13.0 Å². The molecule has 1 aliphatic heterocycles. The van der Waals surface area contributed by atoms with Gasteiger partial charge in [0.1, 0.15) is 17.4 Å². The predicted molar refractivity (Wildman–Crippen MR) is 135 cm³/mol. The number of hydrogen-bond acceptors (Lipinski definition) is 5. The Morgan fingerprint density at radius 3 is 2.54 bits per heavy atom. The van der Waals surface area contributed by atoms with Gasteiger partial charge in [-0.05, 0) is 25.1 Å². The van der Waals surface area contributed by atoms with Crippen molar-refractivity contribution < 1.29 is 9.18 Å². The molecule has 3 heterocycles. The van der Waals surface area contributed by atoms with Crippen molar-refractivity contribution in [2.75, 3.05) is 44.2 Å². The van der Waals surface area contributed by atoms with E-state index in [1.165, 1.54) is 10.7 Å². The van der Waals surface area contributed by atoms with Gasteiger partial charge in [-0.15, -0.1) is 0 Å². The summed E-state index contributed by atoms with van der Waals surface area (Å²) in [5, 5.41) is 8.85. The lowest BCUT2D eigenvalue weighted by molar-refractivity contribution is -0.123. The van der Waals surface area contributed by atoms with Crippen molar-refractivity contribution in [1.29, 1.82) is 0 Å². The first-order valence-electron chi connectivity index (χ1n) is 11.9. The van der Waals surface area contributed by atoms with Gasteiger partial charge in [0, 0.05) is 57.1 Å². The molecule has 1 atom stereocenters. The van der Waals surface area contributed by atoms with E-state index in [1.54, 1.807) is 19.3 Å². The number of aryl methyl sites for hydroxylation is 1. The number of hydrogen-bond donors (Lipinski definition) is 1. The van der Waals surface area contributed by atoms with Gasteiger partial charge in [-0.3, -0.25) is 14.5 Å². The molecule has 1 saturated heterocycles. The molecule has 2 aromatic carbocycles. The van der Waals surface area contributed by atoms with Crippen LogP contribution in [0.15, 0.2) is 59.5 Å². The highest BCUT2D eigenvalue weighted by atomic mass is 19.1. The van der Waals surface area contributed by atoms with Gasteiger partial charge in [-0.1, -0.05) is 30.3 Å². The molecule has 9 heteroatoms. The van der Waals surface area contributed by atoms with Crippen molar-refractivity contribution in [2.45, 2.75) is 13.0 Å². The first-order valence-corrected chi connectivity index (χ1v) is 11.9. The SMILES string of the molecule is C[C@H](C(=O)NCCN1CCN(c2ccccc2F)CC1)n1c2ccccc2c2cnn(C)c(=O)c21. The Morgan fingerprint density at radius 2 is 1.77 bits per heavy atom. The molecule has 2 aromatic heterocycles. The van der Waals surface area contributed by atoms with Gasteiger partial charge >= 0.3 is 0 Å². The molecule has 1 N–H and O–H groups in total. The quantitative estimate of drug-likeness (QED) is 0.463. The molecule has 1 aliphatic rings. The highest BCUT2D eigenvalue weighted by Crippen LogP contribution is 2.29. The lowest BCUT2D eigenvalue weighted by Crippen LogP contribution is -2.49. The first kappa shape index (κ1) is 23.0. The number of nitrogens with zero attached hydrogens (tertiary/aromatic N) is 5. The number of amides is 1. The topological polar surface area (TPSA) is 75.4 Å². The zero-order valence-corrected chi connectivity index (χ0v) is 19.9. The summed E-state index contributed by atoms with van der Waals surface area (Å²) in [5.41, 5.74) is 1.73. The summed E-state index contributed by atoms with van der Waals surface area (Å²) in [5.74, 6) is -0.339. The molecule has 0 spiro atoms. The third-order valence-corrected chi connectivity index (χ3v) is 6.87. The maximum Gasteiger partial charge on any atom is 0.291 e. The minimum Gasteiger partial charge on any atom is -0.367 e. The highest BCUT2D eigenvalue weighted by molar-refractivity contribution is 6.08. The molecule has 182 valence electrons. The van der Waals surface area contributed by atoms with E-state index in [-0.39, 0.29) is 17.3 Å². The average molecular weight is 477 g/mol. The number of nitrogens with one attached hydrogen (secondary N) is 1. The van der Waals surface area contributed by atoms with Gasteiger partial charge in [-0.25, -0.2) is 9.07 Å². The second kappa shape index (κ2) is 9.50. The van der Waals surface area contributed by atoms with Crippen LogP contribution in [0.2, 0.25) is 0 Å². The number of benzene rings is 2. The second-order valence-corrected chi connectivity index (χ2v) is 8.97. The third-order valence-electron chi connectivity index (χ3n) is 6.87. The normalized spacial score (nSPS) is 15.6. The zero-order valence-electron chi connectivity index (χ0n) is 19.9. The van der Waals surface area contributed by atoms with E-state index < -0.39 is 6.04 Å². The molecule has 1 fully saturated rings. The standard InChI is InChI=1S/C26H29FN6O2/c1-18(33-22-9-5-3-7-19(22)20-17-29-30(2)26(35)24(20)33)25(34)28-11-12-31-13-15-32(16-14-31)23-10-6-4-8-21(23)27/h3-10,17-18H,11-16H2,1-2H3,(H,28,34)/t18-/m1/s1. The fraction of sp³-hybridized carbons (Fsp3) is 0.346. The molecule has 0 radical (unpaired) electrons. The molecule has 1 amide bonds. The summed E-state index contributed by atoms with van der Waals surface area (Å²) in [6.07, 6.45) is 1.68. The number of aromatic nitrogens is 3.